The molecule has 156 valence electrons. The monoisotopic (exact) mass is 420 g/mol. The second-order valence-electron chi connectivity index (χ2n) is 8.13. The van der Waals surface area contributed by atoms with Gasteiger partial charge in [-0.1, -0.05) is 0 Å². The lowest BCUT2D eigenvalue weighted by molar-refractivity contribution is 0.192. The average molecular weight is 421 g/mol. The Morgan fingerprint density at radius 2 is 2.14 bits per heavy atom. The van der Waals surface area contributed by atoms with Crippen LogP contribution in [0, 0.1) is 5.92 Å². The molecule has 9 heteroatoms. The van der Waals surface area contributed by atoms with E-state index in [2.05, 4.69) is 9.27 Å². The second kappa shape index (κ2) is 7.14. The topological polar surface area (TPSA) is 93.3 Å². The molecule has 1 fully saturated rings. The van der Waals surface area contributed by atoms with Gasteiger partial charge in [0.25, 0.3) is 5.56 Å². The fraction of sp³-hybridized carbons (Fsp3) is 0.500. The zero-order valence-corrected chi connectivity index (χ0v) is 17.6. The number of hydrogen-bond acceptors (Lipinski definition) is 6. The summed E-state index contributed by atoms with van der Waals surface area (Å²) in [4.78, 5) is 27.9. The minimum absolute atomic E-state index is 0.134. The molecular weight excluding hydrogens is 395 g/mol. The Morgan fingerprint density at radius 3 is 2.76 bits per heavy atom. The molecule has 1 atom stereocenters. The van der Waals surface area contributed by atoms with Gasteiger partial charge in [0.2, 0.25) is 12.3 Å². The maximum atomic E-state index is 13.1. The second-order valence-corrected chi connectivity index (χ2v) is 8.93. The number of nitrogens with one attached hydrogen (secondary N) is 1. The third-order valence-electron chi connectivity index (χ3n) is 5.87. The van der Waals surface area contributed by atoms with E-state index in [1.165, 1.54) is 0 Å². The summed E-state index contributed by atoms with van der Waals surface area (Å²) in [6.07, 6.45) is 0.926. The Kier molecular flexibility index (Phi) is 4.90. The fourth-order valence-electron chi connectivity index (χ4n) is 4.21. The van der Waals surface area contributed by atoms with Crippen molar-refractivity contribution >= 4 is 38.3 Å². The van der Waals surface area contributed by atoms with Gasteiger partial charge in [-0.25, -0.2) is 4.39 Å². The Morgan fingerprint density at radius 1 is 1.38 bits per heavy atom. The highest BCUT2D eigenvalue weighted by molar-refractivity contribution is 7.12. The number of anilines is 1. The number of aryl methyl sites for hydroxylation is 1. The van der Waals surface area contributed by atoms with E-state index in [-0.39, 0.29) is 16.4 Å². The molecule has 1 aliphatic heterocycles. The van der Waals surface area contributed by atoms with Crippen LogP contribution >= 0.6 is 11.5 Å². The van der Waals surface area contributed by atoms with E-state index in [1.54, 1.807) is 6.07 Å². The Labute approximate surface area is 171 Å². The summed E-state index contributed by atoms with van der Waals surface area (Å²) in [5, 5.41) is 0.486. The number of nitrogens with zero attached hydrogens (tertiary/aromatic N) is 2. The van der Waals surface area contributed by atoms with Crippen molar-refractivity contribution in [2.75, 3.05) is 24.9 Å². The zero-order chi connectivity index (χ0) is 20.9. The number of rotatable bonds is 5. The number of H-pyrrole nitrogens is 1. The van der Waals surface area contributed by atoms with Gasteiger partial charge in [0.15, 0.2) is 0 Å². The Hall–Kier alpha value is -2.39. The van der Waals surface area contributed by atoms with Crippen molar-refractivity contribution < 1.29 is 9.13 Å². The molecule has 1 saturated heterocycles. The molecule has 1 aromatic carbocycles. The average Bonchev–Trinajstić information content (AvgIpc) is 3.30. The lowest BCUT2D eigenvalue weighted by Crippen LogP contribution is -2.42. The van der Waals surface area contributed by atoms with Crippen molar-refractivity contribution in [1.29, 1.82) is 0 Å². The highest BCUT2D eigenvalue weighted by atomic mass is 32.1. The van der Waals surface area contributed by atoms with E-state index in [1.807, 2.05) is 31.4 Å². The predicted molar refractivity (Wildman–Crippen MR) is 115 cm³/mol. The van der Waals surface area contributed by atoms with Crippen molar-refractivity contribution in [3.8, 4) is 5.75 Å². The van der Waals surface area contributed by atoms with Crippen molar-refractivity contribution in [2.24, 2.45) is 11.7 Å². The molecule has 0 bridgehead atoms. The number of pyridine rings is 1. The first-order valence-corrected chi connectivity index (χ1v) is 10.5. The molecule has 0 saturated carbocycles. The number of benzene rings is 1. The first kappa shape index (κ1) is 19.9. The van der Waals surface area contributed by atoms with Crippen molar-refractivity contribution in [2.45, 2.75) is 39.3 Å². The standard InChI is InChI=1S/C20H25FN4O3S/c1-4-25-13-8-14(24-6-5-11(9-24)20(2,3)22)15(28-10-21)7-12(13)17(26)16-18(27)23-29-19(16)25/h7-8,11H,4-6,9-10,22H2,1-3H3,(H,23,27). The van der Waals surface area contributed by atoms with E-state index >= 15 is 0 Å². The van der Waals surface area contributed by atoms with E-state index in [9.17, 15) is 14.0 Å². The number of nitrogens with two attached hydrogens (primary N) is 1. The largest absolute Gasteiger partial charge is 0.461 e. The number of aromatic amines is 1. The van der Waals surface area contributed by atoms with Gasteiger partial charge < -0.3 is 19.9 Å². The summed E-state index contributed by atoms with van der Waals surface area (Å²) in [5.74, 6) is 0.600. The summed E-state index contributed by atoms with van der Waals surface area (Å²) in [6.45, 7) is 7.08. The molecule has 1 aliphatic rings. The molecule has 7 nitrogen and oxygen atoms in total. The molecule has 2 aromatic heterocycles. The van der Waals surface area contributed by atoms with Crippen LogP contribution in [0.1, 0.15) is 27.2 Å². The molecule has 1 unspecified atom stereocenters. The number of ether oxygens (including phenoxy) is 1. The summed E-state index contributed by atoms with van der Waals surface area (Å²) in [5.41, 5.74) is 6.67. The SMILES string of the molecule is CCn1c2cc(N3CCC(C(C)(C)N)C3)c(OCF)cc2c(=O)c2c(=O)[nH]sc21. The van der Waals surface area contributed by atoms with Gasteiger partial charge in [0.05, 0.1) is 16.6 Å². The van der Waals surface area contributed by atoms with Gasteiger partial charge in [-0.2, -0.15) is 0 Å². The lowest BCUT2D eigenvalue weighted by Gasteiger charge is -2.28. The molecule has 3 heterocycles. The normalized spacial score (nSPS) is 17.6. The summed E-state index contributed by atoms with van der Waals surface area (Å²) < 4.78 is 23.0. The zero-order valence-electron chi connectivity index (χ0n) is 16.8. The van der Waals surface area contributed by atoms with Crippen molar-refractivity contribution in [3.63, 3.8) is 0 Å². The highest BCUT2D eigenvalue weighted by Crippen LogP contribution is 2.38. The van der Waals surface area contributed by atoms with Crippen LogP contribution in [-0.4, -0.2) is 34.4 Å². The van der Waals surface area contributed by atoms with E-state index < -0.39 is 12.4 Å². The molecule has 0 spiro atoms. The van der Waals surface area contributed by atoms with Gasteiger partial charge in [-0.3, -0.25) is 14.0 Å². The van der Waals surface area contributed by atoms with Crippen LogP contribution in [0.3, 0.4) is 0 Å². The number of hydrogen-bond donors (Lipinski definition) is 2. The third-order valence-corrected chi connectivity index (χ3v) is 6.78. The number of aromatic nitrogens is 2. The number of fused-ring (bicyclic) bond motifs is 2. The Balaban J connectivity index is 1.96. The number of halogens is 1. The lowest BCUT2D eigenvalue weighted by atomic mass is 9.88. The maximum absolute atomic E-state index is 13.1. The summed E-state index contributed by atoms with van der Waals surface area (Å²) in [6, 6.07) is 3.44. The highest BCUT2D eigenvalue weighted by Gasteiger charge is 2.33. The first-order valence-electron chi connectivity index (χ1n) is 9.70. The van der Waals surface area contributed by atoms with E-state index in [0.717, 1.165) is 36.7 Å². The van der Waals surface area contributed by atoms with E-state index in [0.29, 0.717) is 33.9 Å². The van der Waals surface area contributed by atoms with Crippen LogP contribution in [-0.2, 0) is 6.54 Å². The molecular formula is C20H25FN4O3S. The van der Waals surface area contributed by atoms with Gasteiger partial charge in [0, 0.05) is 25.2 Å². The summed E-state index contributed by atoms with van der Waals surface area (Å²) in [7, 11) is 0. The van der Waals surface area contributed by atoms with E-state index in [4.69, 9.17) is 10.5 Å². The molecule has 0 radical (unpaired) electrons. The molecule has 0 amide bonds. The van der Waals surface area contributed by atoms with Crippen LogP contribution in [0.15, 0.2) is 21.7 Å². The molecule has 0 aliphatic carbocycles. The fourth-order valence-corrected chi connectivity index (χ4v) is 5.13. The molecule has 3 aromatic rings. The molecule has 4 rings (SSSR count). The van der Waals surface area contributed by atoms with Crippen LogP contribution in [0.5, 0.6) is 5.75 Å². The molecule has 29 heavy (non-hydrogen) atoms. The first-order chi connectivity index (χ1) is 13.8. The minimum Gasteiger partial charge on any atom is -0.461 e. The quantitative estimate of drug-likeness (QED) is 0.662. The number of alkyl halides is 1. The smallest absolute Gasteiger partial charge is 0.271 e. The van der Waals surface area contributed by atoms with Gasteiger partial charge in [0.1, 0.15) is 16.0 Å². The van der Waals surface area contributed by atoms with Gasteiger partial charge >= 0.3 is 0 Å². The van der Waals surface area contributed by atoms with Gasteiger partial charge in [-0.05, 0) is 56.8 Å². The third kappa shape index (κ3) is 3.22. The maximum Gasteiger partial charge on any atom is 0.271 e. The van der Waals surface area contributed by atoms with Crippen LogP contribution in [0.25, 0.3) is 21.1 Å². The van der Waals surface area contributed by atoms with Crippen molar-refractivity contribution in [1.82, 2.24) is 8.94 Å². The summed E-state index contributed by atoms with van der Waals surface area (Å²) >= 11 is 1.15. The predicted octanol–water partition coefficient (Wildman–Crippen LogP) is 2.79. The van der Waals surface area contributed by atoms with Crippen LogP contribution in [0.4, 0.5) is 10.1 Å². The molecule has 3 N–H and O–H groups in total. The van der Waals surface area contributed by atoms with Crippen LogP contribution < -0.4 is 26.4 Å². The minimum atomic E-state index is -0.999. The van der Waals surface area contributed by atoms with Gasteiger partial charge in [-0.15, -0.1) is 0 Å². The Bertz CT molecular complexity index is 1190. The van der Waals surface area contributed by atoms with Crippen molar-refractivity contribution in [3.05, 3.63) is 32.7 Å². The van der Waals surface area contributed by atoms with Crippen LogP contribution in [0.2, 0.25) is 0 Å².